The molecule has 0 spiro atoms. The van der Waals surface area contributed by atoms with Crippen LogP contribution in [0.4, 0.5) is 5.69 Å². The first-order valence-corrected chi connectivity index (χ1v) is 12.2. The van der Waals surface area contributed by atoms with Crippen LogP contribution in [0.3, 0.4) is 0 Å². The van der Waals surface area contributed by atoms with E-state index in [9.17, 15) is 14.4 Å². The third-order valence-electron chi connectivity index (χ3n) is 5.52. The summed E-state index contributed by atoms with van der Waals surface area (Å²) in [7, 11) is 0. The lowest BCUT2D eigenvalue weighted by Crippen LogP contribution is -2.37. The maximum Gasteiger partial charge on any atom is 0.329 e. The summed E-state index contributed by atoms with van der Waals surface area (Å²) in [5.74, 6) is -0.0723. The van der Waals surface area contributed by atoms with Crippen LogP contribution in [-0.4, -0.2) is 43.9 Å². The highest BCUT2D eigenvalue weighted by Crippen LogP contribution is 2.32. The first-order chi connectivity index (χ1) is 18.9. The first kappa shape index (κ1) is 27.0. The zero-order valence-electron chi connectivity index (χ0n) is 21.5. The third kappa shape index (κ3) is 7.48. The van der Waals surface area contributed by atoms with Gasteiger partial charge in [-0.1, -0.05) is 24.3 Å². The third-order valence-corrected chi connectivity index (χ3v) is 5.52. The average molecular weight is 533 g/mol. The molecular formula is C28H28N4O7. The zero-order chi connectivity index (χ0) is 27.6. The van der Waals surface area contributed by atoms with Crippen molar-refractivity contribution in [1.82, 2.24) is 10.7 Å². The molecule has 0 aliphatic carbocycles. The van der Waals surface area contributed by atoms with Crippen LogP contribution >= 0.6 is 0 Å². The van der Waals surface area contributed by atoms with Gasteiger partial charge < -0.3 is 29.6 Å². The van der Waals surface area contributed by atoms with Crippen molar-refractivity contribution >= 4 is 29.6 Å². The monoisotopic (exact) mass is 532 g/mol. The maximum absolute atomic E-state index is 12.3. The molecule has 0 fully saturated rings. The Hall–Kier alpha value is -5.06. The van der Waals surface area contributed by atoms with Gasteiger partial charge in [-0.3, -0.25) is 14.4 Å². The number of aryl methyl sites for hydroxylation is 1. The van der Waals surface area contributed by atoms with Crippen LogP contribution in [0.15, 0.2) is 65.8 Å². The van der Waals surface area contributed by atoms with Crippen molar-refractivity contribution in [2.75, 3.05) is 25.3 Å². The van der Waals surface area contributed by atoms with E-state index in [2.05, 4.69) is 21.2 Å². The van der Waals surface area contributed by atoms with E-state index in [-0.39, 0.29) is 25.9 Å². The Morgan fingerprint density at radius 3 is 2.59 bits per heavy atom. The molecule has 39 heavy (non-hydrogen) atoms. The van der Waals surface area contributed by atoms with Crippen molar-refractivity contribution in [3.63, 3.8) is 0 Å². The minimum absolute atomic E-state index is 0.134. The van der Waals surface area contributed by atoms with E-state index in [0.717, 1.165) is 11.1 Å². The van der Waals surface area contributed by atoms with E-state index in [1.807, 2.05) is 38.1 Å². The first-order valence-electron chi connectivity index (χ1n) is 12.2. The molecule has 11 heteroatoms. The van der Waals surface area contributed by atoms with Gasteiger partial charge >= 0.3 is 11.8 Å². The molecule has 0 bridgehead atoms. The average Bonchev–Trinajstić information content (AvgIpc) is 3.41. The summed E-state index contributed by atoms with van der Waals surface area (Å²) in [5, 5.41) is 9.17. The molecule has 4 rings (SSSR count). The SMILES string of the molecule is CCOc1cc(/C=N\NC(=O)C(=O)NCc2ccc3c(c2)OCO3)ccc1OCC(=O)Nc1ccccc1C. The summed E-state index contributed by atoms with van der Waals surface area (Å²) in [6.45, 7) is 4.16. The predicted molar refractivity (Wildman–Crippen MR) is 143 cm³/mol. The van der Waals surface area contributed by atoms with E-state index in [4.69, 9.17) is 18.9 Å². The Bertz CT molecular complexity index is 1390. The Morgan fingerprint density at radius 1 is 0.949 bits per heavy atom. The predicted octanol–water partition coefficient (Wildman–Crippen LogP) is 2.91. The number of carbonyl (C=O) groups is 3. The Morgan fingerprint density at radius 2 is 1.77 bits per heavy atom. The molecular weight excluding hydrogens is 504 g/mol. The quantitative estimate of drug-likeness (QED) is 0.207. The van der Waals surface area contributed by atoms with Crippen LogP contribution < -0.4 is 35.0 Å². The number of para-hydroxylation sites is 1. The fourth-order valence-electron chi connectivity index (χ4n) is 3.56. The molecule has 3 aromatic carbocycles. The van der Waals surface area contributed by atoms with Gasteiger partial charge in [0.25, 0.3) is 5.91 Å². The number of hydrogen-bond acceptors (Lipinski definition) is 8. The molecule has 1 aliphatic rings. The second kappa shape index (κ2) is 13.0. The highest BCUT2D eigenvalue weighted by Gasteiger charge is 2.16. The van der Waals surface area contributed by atoms with Crippen molar-refractivity contribution in [3.05, 3.63) is 77.4 Å². The minimum Gasteiger partial charge on any atom is -0.490 e. The van der Waals surface area contributed by atoms with Gasteiger partial charge in [0.1, 0.15) is 0 Å². The number of ether oxygens (including phenoxy) is 4. The number of nitrogens with one attached hydrogen (secondary N) is 3. The van der Waals surface area contributed by atoms with E-state index in [1.165, 1.54) is 6.21 Å². The highest BCUT2D eigenvalue weighted by molar-refractivity contribution is 6.35. The van der Waals surface area contributed by atoms with Crippen LogP contribution in [0.25, 0.3) is 0 Å². The van der Waals surface area contributed by atoms with E-state index >= 15 is 0 Å². The van der Waals surface area contributed by atoms with Crippen molar-refractivity contribution in [2.24, 2.45) is 5.10 Å². The standard InChI is InChI=1S/C28H28N4O7/c1-3-36-24-13-20(9-10-22(24)37-16-26(33)31-21-7-5-4-6-18(21)2)15-30-32-28(35)27(34)29-14-19-8-11-23-25(12-19)39-17-38-23/h4-13,15H,3,14,16-17H2,1-2H3,(H,29,34)(H,31,33)(H,32,35)/b30-15-. The number of fused-ring (bicyclic) bond motifs is 1. The number of nitrogens with zero attached hydrogens (tertiary/aromatic N) is 1. The molecule has 0 radical (unpaired) electrons. The smallest absolute Gasteiger partial charge is 0.329 e. The van der Waals surface area contributed by atoms with E-state index < -0.39 is 11.8 Å². The van der Waals surface area contributed by atoms with Crippen LogP contribution in [0.2, 0.25) is 0 Å². The fourth-order valence-corrected chi connectivity index (χ4v) is 3.56. The highest BCUT2D eigenvalue weighted by atomic mass is 16.7. The van der Waals surface area contributed by atoms with Crippen molar-refractivity contribution in [1.29, 1.82) is 0 Å². The molecule has 202 valence electrons. The number of benzene rings is 3. The Kier molecular flexibility index (Phi) is 8.96. The summed E-state index contributed by atoms with van der Waals surface area (Å²) in [6.07, 6.45) is 1.36. The van der Waals surface area contributed by atoms with Gasteiger partial charge in [0, 0.05) is 12.2 Å². The summed E-state index contributed by atoms with van der Waals surface area (Å²) in [5.41, 5.74) is 5.18. The van der Waals surface area contributed by atoms with Gasteiger partial charge in [-0.25, -0.2) is 5.43 Å². The van der Waals surface area contributed by atoms with Gasteiger partial charge in [0.15, 0.2) is 29.6 Å². The lowest BCUT2D eigenvalue weighted by Gasteiger charge is -2.13. The van der Waals surface area contributed by atoms with Crippen molar-refractivity contribution in [3.8, 4) is 23.0 Å². The van der Waals surface area contributed by atoms with Crippen LogP contribution in [0.1, 0.15) is 23.6 Å². The summed E-state index contributed by atoms with van der Waals surface area (Å²) < 4.78 is 21.8. The molecule has 1 heterocycles. The van der Waals surface area contributed by atoms with Crippen LogP contribution in [0.5, 0.6) is 23.0 Å². The molecule has 0 saturated carbocycles. The molecule has 11 nitrogen and oxygen atoms in total. The van der Waals surface area contributed by atoms with Crippen molar-refractivity contribution < 1.29 is 33.3 Å². The summed E-state index contributed by atoms with van der Waals surface area (Å²) in [6, 6.07) is 17.6. The Balaban J connectivity index is 1.27. The van der Waals surface area contributed by atoms with Crippen LogP contribution in [0, 0.1) is 6.92 Å². The van der Waals surface area contributed by atoms with E-state index in [1.54, 1.807) is 36.4 Å². The van der Waals surface area contributed by atoms with Gasteiger partial charge in [-0.15, -0.1) is 0 Å². The van der Waals surface area contributed by atoms with Crippen molar-refractivity contribution in [2.45, 2.75) is 20.4 Å². The normalized spacial score (nSPS) is 11.6. The number of hydrazone groups is 1. The topological polar surface area (TPSA) is 137 Å². The molecule has 3 N–H and O–H groups in total. The van der Waals surface area contributed by atoms with Gasteiger partial charge in [-0.2, -0.15) is 5.10 Å². The number of rotatable bonds is 10. The largest absolute Gasteiger partial charge is 0.490 e. The zero-order valence-corrected chi connectivity index (χ0v) is 21.5. The number of hydrogen-bond donors (Lipinski definition) is 3. The second-order valence-corrected chi connectivity index (χ2v) is 8.36. The molecule has 3 aromatic rings. The molecule has 0 atom stereocenters. The van der Waals surface area contributed by atoms with E-state index in [0.29, 0.717) is 40.9 Å². The van der Waals surface area contributed by atoms with Gasteiger partial charge in [0.2, 0.25) is 6.79 Å². The van der Waals surface area contributed by atoms with Gasteiger partial charge in [0.05, 0.1) is 12.8 Å². The molecule has 0 saturated heterocycles. The summed E-state index contributed by atoms with van der Waals surface area (Å²) in [4.78, 5) is 36.5. The number of carbonyl (C=O) groups excluding carboxylic acids is 3. The second-order valence-electron chi connectivity index (χ2n) is 8.36. The fraction of sp³-hybridized carbons (Fsp3) is 0.214. The molecule has 0 unspecified atom stereocenters. The molecule has 0 aromatic heterocycles. The molecule has 3 amide bonds. The lowest BCUT2D eigenvalue weighted by atomic mass is 10.2. The summed E-state index contributed by atoms with van der Waals surface area (Å²) >= 11 is 0. The number of amides is 3. The Labute approximate surface area is 225 Å². The minimum atomic E-state index is -0.920. The van der Waals surface area contributed by atoms with Crippen LogP contribution in [-0.2, 0) is 20.9 Å². The van der Waals surface area contributed by atoms with Gasteiger partial charge in [-0.05, 0) is 66.9 Å². The molecule has 1 aliphatic heterocycles. The maximum atomic E-state index is 12.3. The number of anilines is 1. The lowest BCUT2D eigenvalue weighted by molar-refractivity contribution is -0.139.